The first-order chi connectivity index (χ1) is 7.93. The highest BCUT2D eigenvalue weighted by Gasteiger charge is 2.34. The van der Waals surface area contributed by atoms with Gasteiger partial charge in [0.2, 0.25) is 5.91 Å². The Hall–Kier alpha value is -1.56. The van der Waals surface area contributed by atoms with Crippen LogP contribution in [0.1, 0.15) is 11.1 Å². The van der Waals surface area contributed by atoms with Gasteiger partial charge in [-0.3, -0.25) is 4.79 Å². The van der Waals surface area contributed by atoms with Crippen LogP contribution >= 0.6 is 0 Å². The van der Waals surface area contributed by atoms with Crippen LogP contribution in [-0.4, -0.2) is 24.2 Å². The molecule has 1 aromatic carbocycles. The minimum atomic E-state index is -4.40. The van der Waals surface area contributed by atoms with Crippen molar-refractivity contribution >= 4 is 11.6 Å². The number of fused-ring (bicyclic) bond motifs is 1. The van der Waals surface area contributed by atoms with Gasteiger partial charge in [-0.05, 0) is 23.8 Å². The first kappa shape index (κ1) is 11.9. The van der Waals surface area contributed by atoms with Crippen LogP contribution in [0.3, 0.4) is 0 Å². The summed E-state index contributed by atoms with van der Waals surface area (Å²) in [6, 6.07) is 3.21. The molecule has 0 bridgehead atoms. The van der Waals surface area contributed by atoms with Crippen LogP contribution in [0.2, 0.25) is 0 Å². The topological polar surface area (TPSA) is 40.5 Å². The Morgan fingerprint density at radius 3 is 2.65 bits per heavy atom. The van der Waals surface area contributed by atoms with Gasteiger partial charge in [0.1, 0.15) is 0 Å². The van der Waals surface area contributed by atoms with Crippen molar-refractivity contribution in [1.29, 1.82) is 0 Å². The van der Waals surface area contributed by atoms with Crippen LogP contribution in [-0.2, 0) is 17.4 Å². The fourth-order valence-corrected chi connectivity index (χ4v) is 1.90. The third-order valence-electron chi connectivity index (χ3n) is 2.66. The van der Waals surface area contributed by atoms with Crippen molar-refractivity contribution in [2.24, 2.45) is 0 Å². The monoisotopic (exact) mass is 245 g/mol. The predicted octanol–water partition coefficient (Wildman–Crippen LogP) is 1.59. The number of halogens is 3. The van der Waals surface area contributed by atoms with Crippen molar-refractivity contribution in [2.75, 3.05) is 18.1 Å². The van der Waals surface area contributed by atoms with Crippen LogP contribution in [0.15, 0.2) is 18.2 Å². The molecule has 3 nitrogen and oxygen atoms in total. The predicted molar refractivity (Wildman–Crippen MR) is 54.6 cm³/mol. The lowest BCUT2D eigenvalue weighted by Gasteiger charge is -2.16. The maximum absolute atomic E-state index is 12.5. The van der Waals surface area contributed by atoms with Crippen molar-refractivity contribution in [3.05, 3.63) is 29.3 Å². The minimum Gasteiger partial charge on any atom is -0.395 e. The third kappa shape index (κ3) is 2.12. The van der Waals surface area contributed by atoms with Gasteiger partial charge in [0.05, 0.1) is 18.6 Å². The highest BCUT2D eigenvalue weighted by molar-refractivity contribution is 6.01. The lowest BCUT2D eigenvalue weighted by atomic mass is 10.1. The number of alkyl halides is 3. The molecule has 1 heterocycles. The number of aliphatic hydroxyl groups excluding tert-OH is 1. The molecule has 0 spiro atoms. The summed E-state index contributed by atoms with van der Waals surface area (Å²) in [5.41, 5.74) is 0.0604. The van der Waals surface area contributed by atoms with Gasteiger partial charge in [0, 0.05) is 12.2 Å². The molecule has 2 rings (SSSR count). The first-order valence-electron chi connectivity index (χ1n) is 5.05. The molecule has 1 N–H and O–H groups in total. The molecule has 0 unspecified atom stereocenters. The van der Waals surface area contributed by atoms with E-state index in [4.69, 9.17) is 5.11 Å². The summed E-state index contributed by atoms with van der Waals surface area (Å²) in [5, 5.41) is 8.78. The van der Waals surface area contributed by atoms with E-state index in [9.17, 15) is 18.0 Å². The van der Waals surface area contributed by atoms with E-state index in [1.807, 2.05) is 0 Å². The van der Waals surface area contributed by atoms with E-state index >= 15 is 0 Å². The molecule has 0 radical (unpaired) electrons. The summed E-state index contributed by atoms with van der Waals surface area (Å²) in [4.78, 5) is 12.8. The van der Waals surface area contributed by atoms with E-state index < -0.39 is 11.7 Å². The Morgan fingerprint density at radius 2 is 2.06 bits per heavy atom. The molecule has 0 fully saturated rings. The second-order valence-electron chi connectivity index (χ2n) is 3.79. The summed E-state index contributed by atoms with van der Waals surface area (Å²) >= 11 is 0. The van der Waals surface area contributed by atoms with Crippen LogP contribution in [0, 0.1) is 0 Å². The van der Waals surface area contributed by atoms with E-state index in [2.05, 4.69) is 0 Å². The molecule has 1 aromatic rings. The van der Waals surface area contributed by atoms with Crippen LogP contribution in [0.4, 0.5) is 18.9 Å². The largest absolute Gasteiger partial charge is 0.416 e. The Kier molecular flexibility index (Phi) is 2.82. The van der Waals surface area contributed by atoms with Crippen molar-refractivity contribution < 1.29 is 23.1 Å². The molecular formula is C11H10F3NO2. The number of carbonyl (C=O) groups excluding carboxylic acids is 1. The van der Waals surface area contributed by atoms with E-state index in [1.165, 1.54) is 11.0 Å². The van der Waals surface area contributed by atoms with Gasteiger partial charge in [-0.15, -0.1) is 0 Å². The summed E-state index contributed by atoms with van der Waals surface area (Å²) in [5.74, 6) is -0.284. The zero-order valence-corrected chi connectivity index (χ0v) is 8.79. The summed E-state index contributed by atoms with van der Waals surface area (Å²) in [7, 11) is 0. The maximum atomic E-state index is 12.5. The van der Waals surface area contributed by atoms with Gasteiger partial charge >= 0.3 is 6.18 Å². The molecule has 1 aliphatic rings. The van der Waals surface area contributed by atoms with Crippen molar-refractivity contribution in [3.63, 3.8) is 0 Å². The van der Waals surface area contributed by atoms with E-state index in [-0.39, 0.29) is 25.5 Å². The highest BCUT2D eigenvalue weighted by Crippen LogP contribution is 2.35. The van der Waals surface area contributed by atoms with Gasteiger partial charge in [0.15, 0.2) is 0 Å². The Balaban J connectivity index is 2.38. The molecule has 0 saturated heterocycles. The first-order valence-corrected chi connectivity index (χ1v) is 5.05. The summed E-state index contributed by atoms with van der Waals surface area (Å²) in [6.45, 7) is -0.108. The number of nitrogens with zero attached hydrogens (tertiary/aromatic N) is 1. The van der Waals surface area contributed by atoms with Gasteiger partial charge in [0.25, 0.3) is 0 Å². The molecular weight excluding hydrogens is 235 g/mol. The summed E-state index contributed by atoms with van der Waals surface area (Å²) < 4.78 is 37.4. The normalized spacial score (nSPS) is 15.3. The number of hydrogen-bond donors (Lipinski definition) is 1. The molecule has 0 aliphatic carbocycles. The molecule has 0 aromatic heterocycles. The molecule has 6 heteroatoms. The standard InChI is InChI=1S/C11H10F3NO2/c12-11(13,14)8-1-2-9-7(5-8)6-10(17)15(9)3-4-16/h1-2,5,16H,3-4,6H2. The Labute approximate surface area is 95.5 Å². The smallest absolute Gasteiger partial charge is 0.395 e. The molecule has 92 valence electrons. The SMILES string of the molecule is O=C1Cc2cc(C(F)(F)F)ccc2N1CCO. The van der Waals surface area contributed by atoms with Crippen LogP contribution < -0.4 is 4.90 Å². The fraction of sp³-hybridized carbons (Fsp3) is 0.364. The second-order valence-corrected chi connectivity index (χ2v) is 3.79. The number of carbonyl (C=O) groups is 1. The fourth-order valence-electron chi connectivity index (χ4n) is 1.90. The van der Waals surface area contributed by atoms with E-state index in [0.29, 0.717) is 11.3 Å². The van der Waals surface area contributed by atoms with Crippen molar-refractivity contribution in [1.82, 2.24) is 0 Å². The van der Waals surface area contributed by atoms with Gasteiger partial charge in [-0.1, -0.05) is 0 Å². The number of benzene rings is 1. The van der Waals surface area contributed by atoms with Gasteiger partial charge in [-0.25, -0.2) is 0 Å². The third-order valence-corrected chi connectivity index (χ3v) is 2.66. The molecule has 1 amide bonds. The highest BCUT2D eigenvalue weighted by atomic mass is 19.4. The Morgan fingerprint density at radius 1 is 1.35 bits per heavy atom. The van der Waals surface area contributed by atoms with Gasteiger partial charge in [-0.2, -0.15) is 13.2 Å². The summed E-state index contributed by atoms with van der Waals surface area (Å²) in [6.07, 6.45) is -4.44. The van der Waals surface area contributed by atoms with Gasteiger partial charge < -0.3 is 10.0 Å². The zero-order chi connectivity index (χ0) is 12.6. The quantitative estimate of drug-likeness (QED) is 0.859. The van der Waals surface area contributed by atoms with E-state index in [0.717, 1.165) is 12.1 Å². The molecule has 1 aliphatic heterocycles. The number of hydrogen-bond acceptors (Lipinski definition) is 2. The van der Waals surface area contributed by atoms with Crippen molar-refractivity contribution in [2.45, 2.75) is 12.6 Å². The molecule has 17 heavy (non-hydrogen) atoms. The minimum absolute atomic E-state index is 0.0424. The lowest BCUT2D eigenvalue weighted by molar-refractivity contribution is -0.137. The molecule has 0 saturated carbocycles. The average Bonchev–Trinajstić information content (AvgIpc) is 2.54. The Bertz CT molecular complexity index is 457. The average molecular weight is 245 g/mol. The van der Waals surface area contributed by atoms with E-state index in [1.54, 1.807) is 0 Å². The second kappa shape index (κ2) is 4.03. The number of rotatable bonds is 2. The van der Waals surface area contributed by atoms with Crippen LogP contribution in [0.25, 0.3) is 0 Å². The maximum Gasteiger partial charge on any atom is 0.416 e. The zero-order valence-electron chi connectivity index (χ0n) is 8.79. The molecule has 0 atom stereocenters. The number of aliphatic hydroxyl groups is 1. The van der Waals surface area contributed by atoms with Crippen molar-refractivity contribution in [3.8, 4) is 0 Å². The number of amides is 1. The number of anilines is 1. The lowest BCUT2D eigenvalue weighted by Crippen LogP contribution is -2.29. The van der Waals surface area contributed by atoms with Crippen LogP contribution in [0.5, 0.6) is 0 Å². The number of β-amino-alcohol motifs (C(OH)–C–C–N with tert-alkyl or cyclic N) is 1.